The van der Waals surface area contributed by atoms with E-state index in [1.165, 1.54) is 23.6 Å². The van der Waals surface area contributed by atoms with Crippen molar-refractivity contribution in [2.24, 2.45) is 10.9 Å². The summed E-state index contributed by atoms with van der Waals surface area (Å²) in [6, 6.07) is 6.85. The molecule has 20 heavy (non-hydrogen) atoms. The van der Waals surface area contributed by atoms with Crippen molar-refractivity contribution in [3.05, 3.63) is 28.2 Å². The van der Waals surface area contributed by atoms with Gasteiger partial charge < -0.3 is 9.64 Å². The molecule has 2 bridgehead atoms. The van der Waals surface area contributed by atoms with Crippen molar-refractivity contribution in [1.29, 1.82) is 0 Å². The summed E-state index contributed by atoms with van der Waals surface area (Å²) >= 11 is 5.49. The Morgan fingerprint density at radius 2 is 2.30 bits per heavy atom. The van der Waals surface area contributed by atoms with Crippen LogP contribution < -0.4 is 4.74 Å². The molecule has 1 saturated carbocycles. The van der Waals surface area contributed by atoms with E-state index in [2.05, 4.69) is 39.0 Å². The molecule has 104 valence electrons. The number of hydrogen-bond donors (Lipinski definition) is 0. The van der Waals surface area contributed by atoms with Gasteiger partial charge in [0.1, 0.15) is 5.75 Å². The first kappa shape index (κ1) is 11.9. The molecule has 0 N–H and O–H groups in total. The van der Waals surface area contributed by atoms with Gasteiger partial charge in [0, 0.05) is 34.7 Å². The van der Waals surface area contributed by atoms with Gasteiger partial charge in [-0.25, -0.2) is 4.99 Å². The lowest BCUT2D eigenvalue weighted by Gasteiger charge is -2.47. The second-order valence-corrected chi connectivity index (χ2v) is 8.04. The van der Waals surface area contributed by atoms with Crippen LogP contribution in [-0.2, 0) is 0 Å². The van der Waals surface area contributed by atoms with Gasteiger partial charge in [0.25, 0.3) is 0 Å². The molecule has 1 aromatic carbocycles. The molecular weight excluding hydrogens is 336 g/mol. The summed E-state index contributed by atoms with van der Waals surface area (Å²) in [5.41, 5.74) is 1.06. The Morgan fingerprint density at radius 1 is 1.40 bits per heavy atom. The summed E-state index contributed by atoms with van der Waals surface area (Å²) < 4.78 is 7.56. The van der Waals surface area contributed by atoms with Crippen molar-refractivity contribution in [1.82, 2.24) is 4.90 Å². The van der Waals surface area contributed by atoms with E-state index in [0.717, 1.165) is 28.9 Å². The van der Waals surface area contributed by atoms with E-state index in [0.29, 0.717) is 12.0 Å². The van der Waals surface area contributed by atoms with Crippen LogP contribution in [-0.4, -0.2) is 28.1 Å². The summed E-state index contributed by atoms with van der Waals surface area (Å²) in [5, 5.41) is 1.21. The van der Waals surface area contributed by atoms with Crippen LogP contribution in [0, 0.1) is 5.92 Å². The van der Waals surface area contributed by atoms with Gasteiger partial charge in [-0.2, -0.15) is 0 Å². The van der Waals surface area contributed by atoms with Crippen molar-refractivity contribution in [2.45, 2.75) is 31.0 Å². The third-order valence-electron chi connectivity index (χ3n) is 4.79. The predicted octanol–water partition coefficient (Wildman–Crippen LogP) is 3.80. The summed E-state index contributed by atoms with van der Waals surface area (Å²) in [6.45, 7) is 1.11. The zero-order valence-electron chi connectivity index (χ0n) is 11.0. The average Bonchev–Trinajstić information content (AvgIpc) is 3.20. The number of amidine groups is 1. The van der Waals surface area contributed by atoms with Gasteiger partial charge in [0.15, 0.2) is 5.17 Å². The fraction of sp³-hybridized carbons (Fsp3) is 0.533. The molecule has 1 aromatic rings. The van der Waals surface area contributed by atoms with Crippen LogP contribution in [0.15, 0.2) is 27.7 Å². The van der Waals surface area contributed by atoms with E-state index in [-0.39, 0.29) is 5.72 Å². The van der Waals surface area contributed by atoms with Gasteiger partial charge in [-0.05, 0) is 31.0 Å². The van der Waals surface area contributed by atoms with Crippen LogP contribution >= 0.6 is 27.7 Å². The molecule has 0 amide bonds. The highest BCUT2D eigenvalue weighted by Gasteiger charge is 2.56. The normalized spacial score (nSPS) is 34.1. The van der Waals surface area contributed by atoms with E-state index >= 15 is 0 Å². The lowest BCUT2D eigenvalue weighted by atomic mass is 9.88. The molecule has 1 saturated heterocycles. The number of benzene rings is 1. The van der Waals surface area contributed by atoms with E-state index < -0.39 is 0 Å². The molecule has 0 spiro atoms. The Morgan fingerprint density at radius 3 is 3.15 bits per heavy atom. The molecule has 3 nitrogen and oxygen atoms in total. The summed E-state index contributed by atoms with van der Waals surface area (Å²) in [7, 11) is 0. The van der Waals surface area contributed by atoms with Crippen molar-refractivity contribution in [3.8, 4) is 5.75 Å². The third kappa shape index (κ3) is 1.56. The van der Waals surface area contributed by atoms with Crippen molar-refractivity contribution in [2.75, 3.05) is 12.3 Å². The van der Waals surface area contributed by atoms with Crippen LogP contribution in [0.1, 0.15) is 30.9 Å². The van der Waals surface area contributed by atoms with Crippen LogP contribution in [0.4, 0.5) is 0 Å². The SMILES string of the molecule is Brc1ccc2c(c1)[C@H]1C[C@](C3CC3)(N=C3SCCN31)O2. The Balaban J connectivity index is 1.70. The fourth-order valence-corrected chi connectivity index (χ4v) is 5.13. The van der Waals surface area contributed by atoms with Gasteiger partial charge in [-0.15, -0.1) is 0 Å². The zero-order valence-corrected chi connectivity index (χ0v) is 13.4. The first-order valence-electron chi connectivity index (χ1n) is 7.23. The van der Waals surface area contributed by atoms with Crippen molar-refractivity contribution >= 4 is 32.9 Å². The summed E-state index contributed by atoms with van der Waals surface area (Å²) in [4.78, 5) is 7.54. The van der Waals surface area contributed by atoms with Crippen molar-refractivity contribution < 1.29 is 4.74 Å². The predicted molar refractivity (Wildman–Crippen MR) is 84.2 cm³/mol. The Hall–Kier alpha value is -0.680. The van der Waals surface area contributed by atoms with E-state index in [4.69, 9.17) is 9.73 Å². The minimum Gasteiger partial charge on any atom is -0.465 e. The number of hydrogen-bond acceptors (Lipinski definition) is 4. The van der Waals surface area contributed by atoms with E-state index in [1.54, 1.807) is 0 Å². The Kier molecular flexibility index (Phi) is 2.35. The molecule has 5 heteroatoms. The number of fused-ring (bicyclic) bond motifs is 6. The molecule has 5 rings (SSSR count). The molecule has 0 unspecified atom stereocenters. The smallest absolute Gasteiger partial charge is 0.207 e. The molecule has 1 aliphatic carbocycles. The van der Waals surface area contributed by atoms with Gasteiger partial charge in [-0.3, -0.25) is 0 Å². The van der Waals surface area contributed by atoms with Crippen LogP contribution in [0.3, 0.4) is 0 Å². The summed E-state index contributed by atoms with van der Waals surface area (Å²) in [5.74, 6) is 2.81. The van der Waals surface area contributed by atoms with Gasteiger partial charge >= 0.3 is 0 Å². The average molecular weight is 351 g/mol. The monoisotopic (exact) mass is 350 g/mol. The van der Waals surface area contributed by atoms with E-state index in [1.807, 2.05) is 11.8 Å². The fourth-order valence-electron chi connectivity index (χ4n) is 3.68. The Bertz CT molecular complexity index is 630. The number of ether oxygens (including phenoxy) is 1. The molecular formula is C15H15BrN2OS. The summed E-state index contributed by atoms with van der Waals surface area (Å²) in [6.07, 6.45) is 3.55. The Labute approximate surface area is 130 Å². The maximum Gasteiger partial charge on any atom is 0.207 e. The molecule has 4 aliphatic rings. The minimum atomic E-state index is -0.269. The second-order valence-electron chi connectivity index (χ2n) is 6.06. The maximum atomic E-state index is 6.43. The first-order valence-corrected chi connectivity index (χ1v) is 9.01. The van der Waals surface area contributed by atoms with Gasteiger partial charge in [-0.1, -0.05) is 27.7 Å². The molecule has 2 fully saturated rings. The molecule has 3 heterocycles. The zero-order chi connectivity index (χ0) is 13.3. The standard InChI is InChI=1S/C15H15BrN2OS/c16-10-3-4-13-11(7-10)12-8-15(19-13,9-1-2-9)17-14-18(12)5-6-20-14/h3-4,7,9,12H,1-2,5-6,8H2/t12-,15+/m1/s1. The number of rotatable bonds is 1. The first-order chi connectivity index (χ1) is 9.75. The molecule has 2 atom stereocenters. The highest BCUT2D eigenvalue weighted by molar-refractivity contribution is 9.10. The molecule has 0 aromatic heterocycles. The number of halogens is 1. The highest BCUT2D eigenvalue weighted by atomic mass is 79.9. The quantitative estimate of drug-likeness (QED) is 0.770. The van der Waals surface area contributed by atoms with Crippen LogP contribution in [0.2, 0.25) is 0 Å². The topological polar surface area (TPSA) is 24.8 Å². The largest absolute Gasteiger partial charge is 0.465 e. The number of thioether (sulfide) groups is 1. The molecule has 0 radical (unpaired) electrons. The van der Waals surface area contributed by atoms with Crippen LogP contribution in [0.5, 0.6) is 5.75 Å². The minimum absolute atomic E-state index is 0.269. The number of nitrogens with zero attached hydrogens (tertiary/aromatic N) is 2. The lowest BCUT2D eigenvalue weighted by Crippen LogP contribution is -2.51. The lowest BCUT2D eigenvalue weighted by molar-refractivity contribution is -0.00731. The van der Waals surface area contributed by atoms with E-state index in [9.17, 15) is 0 Å². The third-order valence-corrected chi connectivity index (χ3v) is 6.25. The maximum absolute atomic E-state index is 6.43. The highest BCUT2D eigenvalue weighted by Crippen LogP contribution is 2.56. The second kappa shape index (κ2) is 3.95. The van der Waals surface area contributed by atoms with Crippen LogP contribution in [0.25, 0.3) is 0 Å². The number of aliphatic imine (C=N–C) groups is 1. The van der Waals surface area contributed by atoms with Gasteiger partial charge in [0.2, 0.25) is 5.72 Å². The van der Waals surface area contributed by atoms with Crippen molar-refractivity contribution in [3.63, 3.8) is 0 Å². The van der Waals surface area contributed by atoms with Gasteiger partial charge in [0.05, 0.1) is 6.04 Å². The molecule has 3 aliphatic heterocycles.